The first-order chi connectivity index (χ1) is 13.7. The Balaban J connectivity index is 2.30. The normalized spacial score (nSPS) is 11.7. The van der Waals surface area contributed by atoms with E-state index in [-0.39, 0.29) is 6.16 Å². The zero-order valence-corrected chi connectivity index (χ0v) is 22.5. The van der Waals surface area contributed by atoms with E-state index in [9.17, 15) is 4.57 Å². The molecule has 2 aromatic carbocycles. The summed E-state index contributed by atoms with van der Waals surface area (Å²) in [4.78, 5) is 0. The van der Waals surface area contributed by atoms with Crippen molar-refractivity contribution in [1.82, 2.24) is 0 Å². The lowest BCUT2D eigenvalue weighted by Gasteiger charge is -2.19. The third-order valence-corrected chi connectivity index (χ3v) is 7.79. The van der Waals surface area contributed by atoms with Crippen LogP contribution in [-0.4, -0.2) is 20.3 Å². The molecule has 0 aliphatic rings. The molecule has 5 nitrogen and oxygen atoms in total. The van der Waals surface area contributed by atoms with Crippen LogP contribution >= 0.6 is 52.8 Å². The average molecular weight is 644 g/mol. The molecule has 0 atom stereocenters. The summed E-state index contributed by atoms with van der Waals surface area (Å²) in [6.45, 7) is 8.58. The maximum atomic E-state index is 12.9. The van der Waals surface area contributed by atoms with Crippen molar-refractivity contribution in [3.05, 3.63) is 48.6 Å². The largest absolute Gasteiger partial charge is 0.496 e. The van der Waals surface area contributed by atoms with Gasteiger partial charge in [0.05, 0.1) is 33.6 Å². The van der Waals surface area contributed by atoms with Gasteiger partial charge in [0.25, 0.3) is 0 Å². The van der Waals surface area contributed by atoms with Crippen LogP contribution in [0.4, 0.5) is 0 Å². The Morgan fingerprint density at radius 1 is 1.00 bits per heavy atom. The fraction of sp³-hybridized carbons (Fsp3) is 0.429. The van der Waals surface area contributed by atoms with Gasteiger partial charge in [-0.15, -0.1) is 0 Å². The minimum Gasteiger partial charge on any atom is -0.496 e. The minimum atomic E-state index is -3.15. The summed E-state index contributed by atoms with van der Waals surface area (Å²) in [6, 6.07) is 9.79. The number of halogens is 2. The second-order valence-electron chi connectivity index (χ2n) is 6.65. The van der Waals surface area contributed by atoms with Crippen LogP contribution in [0.2, 0.25) is 0 Å². The van der Waals surface area contributed by atoms with Crippen LogP contribution in [0.25, 0.3) is 0 Å². The van der Waals surface area contributed by atoms with Crippen molar-refractivity contribution < 1.29 is 23.1 Å². The molecule has 0 heterocycles. The third-order valence-electron chi connectivity index (χ3n) is 4.13. The smallest absolute Gasteiger partial charge is 0.335 e. The fourth-order valence-corrected chi connectivity index (χ4v) is 6.68. The van der Waals surface area contributed by atoms with Crippen LogP contribution in [-0.2, 0) is 19.8 Å². The fourth-order valence-electron chi connectivity index (χ4n) is 2.89. The molecule has 8 heteroatoms. The Labute approximate surface area is 200 Å². The van der Waals surface area contributed by atoms with Gasteiger partial charge in [0, 0.05) is 5.56 Å². The highest BCUT2D eigenvalue weighted by Gasteiger charge is 2.25. The van der Waals surface area contributed by atoms with E-state index in [1.807, 2.05) is 44.2 Å². The van der Waals surface area contributed by atoms with Gasteiger partial charge in [0.2, 0.25) is 0 Å². The highest BCUT2D eigenvalue weighted by molar-refractivity contribution is 14.1. The molecule has 0 N–H and O–H groups in total. The SMILES string of the molecule is CCOP(=O)(Cc1cc(I)c(Oc2ccc(OC)c(C(C)C)c2)c(I)c1)OCC. The maximum absolute atomic E-state index is 12.9. The molecule has 2 rings (SSSR count). The van der Waals surface area contributed by atoms with Crippen LogP contribution in [0, 0.1) is 7.14 Å². The molecule has 0 saturated carbocycles. The van der Waals surface area contributed by atoms with Crippen molar-refractivity contribution in [2.24, 2.45) is 0 Å². The van der Waals surface area contributed by atoms with Gasteiger partial charge in [-0.2, -0.15) is 0 Å². The molecule has 0 aliphatic carbocycles. The van der Waals surface area contributed by atoms with E-state index in [4.69, 9.17) is 18.5 Å². The van der Waals surface area contributed by atoms with Gasteiger partial charge in [-0.05, 0) is 101 Å². The van der Waals surface area contributed by atoms with Gasteiger partial charge in [-0.3, -0.25) is 4.57 Å². The molecule has 29 heavy (non-hydrogen) atoms. The summed E-state index contributed by atoms with van der Waals surface area (Å²) < 4.78 is 37.2. The second kappa shape index (κ2) is 11.3. The summed E-state index contributed by atoms with van der Waals surface area (Å²) in [5, 5.41) is 0. The Kier molecular flexibility index (Phi) is 9.73. The van der Waals surface area contributed by atoms with Gasteiger partial charge in [-0.25, -0.2) is 0 Å². The Hall–Kier alpha value is -0.350. The van der Waals surface area contributed by atoms with Crippen molar-refractivity contribution in [1.29, 1.82) is 0 Å². The summed E-state index contributed by atoms with van der Waals surface area (Å²) in [5.74, 6) is 2.71. The van der Waals surface area contributed by atoms with Crippen LogP contribution in [0.3, 0.4) is 0 Å². The van der Waals surface area contributed by atoms with Gasteiger partial charge >= 0.3 is 7.60 Å². The molecule has 0 bridgehead atoms. The first-order valence-corrected chi connectivity index (χ1v) is 13.3. The quantitative estimate of drug-likeness (QED) is 0.197. The minimum absolute atomic E-state index is 0.237. The van der Waals surface area contributed by atoms with E-state index in [0.29, 0.717) is 19.1 Å². The van der Waals surface area contributed by atoms with Crippen molar-refractivity contribution in [2.45, 2.75) is 39.8 Å². The van der Waals surface area contributed by atoms with E-state index >= 15 is 0 Å². The van der Waals surface area contributed by atoms with Crippen LogP contribution in [0.5, 0.6) is 17.2 Å². The standard InChI is InChI=1S/C21H27I2O5P/c1-6-26-29(24,27-7-2)13-15-10-18(22)21(19(23)11-15)28-16-8-9-20(25-5)17(12-16)14(3)4/h8-12,14H,6-7,13H2,1-5H3. The van der Waals surface area contributed by atoms with E-state index in [0.717, 1.165) is 35.5 Å². The van der Waals surface area contributed by atoms with E-state index < -0.39 is 7.60 Å². The number of hydrogen-bond acceptors (Lipinski definition) is 5. The Morgan fingerprint density at radius 3 is 2.07 bits per heavy atom. The summed E-state index contributed by atoms with van der Waals surface area (Å²) >= 11 is 4.49. The van der Waals surface area contributed by atoms with E-state index in [1.165, 1.54) is 0 Å². The number of benzene rings is 2. The topological polar surface area (TPSA) is 54.0 Å². The number of hydrogen-bond donors (Lipinski definition) is 0. The zero-order chi connectivity index (χ0) is 21.6. The monoisotopic (exact) mass is 644 g/mol. The molecule has 0 fully saturated rings. The highest BCUT2D eigenvalue weighted by atomic mass is 127. The lowest BCUT2D eigenvalue weighted by atomic mass is 10.0. The lowest BCUT2D eigenvalue weighted by Crippen LogP contribution is -2.01. The average Bonchev–Trinajstić information content (AvgIpc) is 2.64. The molecule has 0 saturated heterocycles. The first-order valence-electron chi connectivity index (χ1n) is 9.44. The molecule has 0 aliphatic heterocycles. The second-order valence-corrected chi connectivity index (χ2v) is 11.0. The van der Waals surface area contributed by atoms with Crippen LogP contribution in [0.1, 0.15) is 44.7 Å². The zero-order valence-electron chi connectivity index (χ0n) is 17.3. The van der Waals surface area contributed by atoms with Gasteiger partial charge in [0.1, 0.15) is 11.5 Å². The maximum Gasteiger partial charge on any atom is 0.335 e. The van der Waals surface area contributed by atoms with E-state index in [2.05, 4.69) is 59.0 Å². The van der Waals surface area contributed by atoms with Gasteiger partial charge in [0.15, 0.2) is 5.75 Å². The van der Waals surface area contributed by atoms with Gasteiger partial charge in [-0.1, -0.05) is 13.8 Å². The van der Waals surface area contributed by atoms with Crippen LogP contribution in [0.15, 0.2) is 30.3 Å². The molecule has 0 unspecified atom stereocenters. The van der Waals surface area contributed by atoms with Crippen molar-refractivity contribution in [3.8, 4) is 17.2 Å². The van der Waals surface area contributed by atoms with Crippen molar-refractivity contribution in [2.75, 3.05) is 20.3 Å². The first kappa shape index (κ1) is 24.9. The van der Waals surface area contributed by atoms with E-state index in [1.54, 1.807) is 7.11 Å². The highest BCUT2D eigenvalue weighted by Crippen LogP contribution is 2.52. The molecule has 0 spiro atoms. The molecular formula is C21H27I2O5P. The Morgan fingerprint density at radius 2 is 1.59 bits per heavy atom. The summed E-state index contributed by atoms with van der Waals surface area (Å²) in [6.07, 6.45) is 0.237. The van der Waals surface area contributed by atoms with Crippen molar-refractivity contribution >= 4 is 52.8 Å². The van der Waals surface area contributed by atoms with Crippen LogP contribution < -0.4 is 9.47 Å². The number of ether oxygens (including phenoxy) is 2. The van der Waals surface area contributed by atoms with Gasteiger partial charge < -0.3 is 18.5 Å². The summed E-state index contributed by atoms with van der Waals surface area (Å²) in [7, 11) is -1.47. The number of methoxy groups -OCH3 is 1. The molecule has 0 amide bonds. The predicted octanol–water partition coefficient (Wildman–Crippen LogP) is 7.59. The molecular weight excluding hydrogens is 617 g/mol. The third kappa shape index (κ3) is 6.82. The lowest BCUT2D eigenvalue weighted by molar-refractivity contribution is 0.219. The van der Waals surface area contributed by atoms with Crippen molar-refractivity contribution in [3.63, 3.8) is 0 Å². The summed E-state index contributed by atoms with van der Waals surface area (Å²) in [5.41, 5.74) is 2.00. The predicted molar refractivity (Wildman–Crippen MR) is 134 cm³/mol. The number of rotatable bonds is 10. The molecule has 160 valence electrons. The molecule has 0 radical (unpaired) electrons. The Bertz CT molecular complexity index is 852. The molecule has 2 aromatic rings. The molecule has 0 aromatic heterocycles.